The Labute approximate surface area is 196 Å². The zero-order chi connectivity index (χ0) is 23.4. The van der Waals surface area contributed by atoms with Crippen molar-refractivity contribution in [2.24, 2.45) is 5.41 Å². The molecular formula is C28H34N2O3. The first kappa shape index (κ1) is 23.1. The smallest absolute Gasteiger partial charge is 0.309 e. The number of benzene rings is 2. The largest absolute Gasteiger partial charge is 0.481 e. The number of carboxylic acid groups (broad SMARTS) is 1. The SMILES string of the molecule is CC(C)(CCCC(=O)N1CCc2c(n(CCCc3ccccc3)c3ccccc23)C1)C(=O)O. The van der Waals surface area contributed by atoms with E-state index in [2.05, 4.69) is 53.1 Å². The quantitative estimate of drug-likeness (QED) is 0.476. The minimum Gasteiger partial charge on any atom is -0.481 e. The van der Waals surface area contributed by atoms with Crippen LogP contribution in [0.4, 0.5) is 0 Å². The third-order valence-corrected chi connectivity index (χ3v) is 6.98. The lowest BCUT2D eigenvalue weighted by Crippen LogP contribution is -2.36. The highest BCUT2D eigenvalue weighted by Gasteiger charge is 2.29. The van der Waals surface area contributed by atoms with Gasteiger partial charge in [0.1, 0.15) is 0 Å². The standard InChI is InChI=1S/C28H34N2O3/c1-28(2,27(32)33)17-8-15-26(31)29-19-16-23-22-13-6-7-14-24(22)30(25(23)20-29)18-9-12-21-10-4-3-5-11-21/h3-7,10-11,13-14H,8-9,12,15-20H2,1-2H3,(H,32,33). The van der Waals surface area contributed by atoms with Gasteiger partial charge in [-0.05, 0) is 63.1 Å². The number of para-hydroxylation sites is 1. The zero-order valence-corrected chi connectivity index (χ0v) is 19.7. The number of amides is 1. The maximum atomic E-state index is 13.0. The Morgan fingerprint density at radius 1 is 1.00 bits per heavy atom. The molecule has 1 aromatic heterocycles. The molecule has 5 nitrogen and oxygen atoms in total. The highest BCUT2D eigenvalue weighted by Crippen LogP contribution is 2.32. The lowest BCUT2D eigenvalue weighted by Gasteiger charge is -2.29. The summed E-state index contributed by atoms with van der Waals surface area (Å²) in [6.45, 7) is 5.74. The molecular weight excluding hydrogens is 412 g/mol. The summed E-state index contributed by atoms with van der Waals surface area (Å²) >= 11 is 0. The van der Waals surface area contributed by atoms with E-state index in [-0.39, 0.29) is 5.91 Å². The number of carbonyl (C=O) groups excluding carboxylic acids is 1. The van der Waals surface area contributed by atoms with Crippen molar-refractivity contribution < 1.29 is 14.7 Å². The molecule has 3 aromatic rings. The van der Waals surface area contributed by atoms with E-state index in [4.69, 9.17) is 0 Å². The van der Waals surface area contributed by atoms with Crippen LogP contribution < -0.4 is 0 Å². The van der Waals surface area contributed by atoms with Gasteiger partial charge in [0.05, 0.1) is 12.0 Å². The number of aromatic nitrogens is 1. The molecule has 1 aliphatic rings. The van der Waals surface area contributed by atoms with Crippen LogP contribution in [0, 0.1) is 5.41 Å². The molecule has 0 atom stereocenters. The van der Waals surface area contributed by atoms with E-state index in [1.807, 2.05) is 11.0 Å². The second-order valence-corrected chi connectivity index (χ2v) is 9.79. The molecule has 174 valence electrons. The molecule has 0 bridgehead atoms. The van der Waals surface area contributed by atoms with Gasteiger partial charge in [-0.25, -0.2) is 0 Å². The summed E-state index contributed by atoms with van der Waals surface area (Å²) in [6.07, 6.45) is 4.46. The van der Waals surface area contributed by atoms with Crippen LogP contribution in [0.3, 0.4) is 0 Å². The second-order valence-electron chi connectivity index (χ2n) is 9.79. The van der Waals surface area contributed by atoms with Crippen LogP contribution in [0.25, 0.3) is 10.9 Å². The number of fused-ring (bicyclic) bond motifs is 3. The summed E-state index contributed by atoms with van der Waals surface area (Å²) < 4.78 is 2.42. The molecule has 0 aliphatic carbocycles. The number of aliphatic carboxylic acids is 1. The van der Waals surface area contributed by atoms with E-state index in [9.17, 15) is 14.7 Å². The molecule has 2 heterocycles. The van der Waals surface area contributed by atoms with Crippen molar-refractivity contribution >= 4 is 22.8 Å². The van der Waals surface area contributed by atoms with Crippen LogP contribution in [0.5, 0.6) is 0 Å². The van der Waals surface area contributed by atoms with Gasteiger partial charge in [0, 0.05) is 36.1 Å². The minimum atomic E-state index is -0.808. The molecule has 0 radical (unpaired) electrons. The lowest BCUT2D eigenvalue weighted by atomic mass is 9.87. The van der Waals surface area contributed by atoms with Gasteiger partial charge < -0.3 is 14.6 Å². The number of carbonyl (C=O) groups is 2. The second kappa shape index (κ2) is 9.82. The van der Waals surface area contributed by atoms with E-state index >= 15 is 0 Å². The van der Waals surface area contributed by atoms with Crippen LogP contribution in [0.15, 0.2) is 54.6 Å². The van der Waals surface area contributed by atoms with Crippen molar-refractivity contribution in [3.8, 4) is 0 Å². The predicted octanol–water partition coefficient (Wildman–Crippen LogP) is 5.44. The van der Waals surface area contributed by atoms with Crippen LogP contribution >= 0.6 is 0 Å². The summed E-state index contributed by atoms with van der Waals surface area (Å²) in [7, 11) is 0. The molecule has 0 saturated heterocycles. The summed E-state index contributed by atoms with van der Waals surface area (Å²) in [4.78, 5) is 26.3. The Bertz CT molecular complexity index is 1130. The van der Waals surface area contributed by atoms with Gasteiger partial charge in [-0.15, -0.1) is 0 Å². The van der Waals surface area contributed by atoms with Gasteiger partial charge in [0.15, 0.2) is 0 Å². The van der Waals surface area contributed by atoms with Crippen LogP contribution in [0.1, 0.15) is 56.4 Å². The van der Waals surface area contributed by atoms with Crippen LogP contribution in [-0.4, -0.2) is 33.0 Å². The maximum Gasteiger partial charge on any atom is 0.309 e. The Morgan fingerprint density at radius 3 is 2.48 bits per heavy atom. The first-order chi connectivity index (χ1) is 15.9. The molecule has 4 rings (SSSR count). The number of aryl methyl sites for hydroxylation is 2. The van der Waals surface area contributed by atoms with E-state index in [0.29, 0.717) is 25.8 Å². The molecule has 2 aromatic carbocycles. The van der Waals surface area contributed by atoms with Crippen molar-refractivity contribution in [3.63, 3.8) is 0 Å². The normalized spacial score (nSPS) is 13.8. The fraction of sp³-hybridized carbons (Fsp3) is 0.429. The highest BCUT2D eigenvalue weighted by molar-refractivity contribution is 5.86. The van der Waals surface area contributed by atoms with Crippen molar-refractivity contribution in [1.82, 2.24) is 9.47 Å². The molecule has 0 spiro atoms. The van der Waals surface area contributed by atoms with Crippen molar-refractivity contribution in [3.05, 3.63) is 71.4 Å². The Kier molecular flexibility index (Phi) is 6.87. The zero-order valence-electron chi connectivity index (χ0n) is 19.7. The average Bonchev–Trinajstić information content (AvgIpc) is 3.12. The molecule has 0 saturated carbocycles. The Hall–Kier alpha value is -3.08. The number of carboxylic acids is 1. The molecule has 0 unspecified atom stereocenters. The minimum absolute atomic E-state index is 0.128. The van der Waals surface area contributed by atoms with E-state index in [1.54, 1.807) is 13.8 Å². The Balaban J connectivity index is 1.46. The van der Waals surface area contributed by atoms with E-state index < -0.39 is 11.4 Å². The third-order valence-electron chi connectivity index (χ3n) is 6.98. The number of hydrogen-bond donors (Lipinski definition) is 1. The highest BCUT2D eigenvalue weighted by atomic mass is 16.4. The molecule has 1 amide bonds. The van der Waals surface area contributed by atoms with Crippen LogP contribution in [0.2, 0.25) is 0 Å². The van der Waals surface area contributed by atoms with Gasteiger partial charge >= 0.3 is 5.97 Å². The lowest BCUT2D eigenvalue weighted by molar-refractivity contribution is -0.147. The summed E-state index contributed by atoms with van der Waals surface area (Å²) in [5, 5.41) is 10.6. The van der Waals surface area contributed by atoms with Gasteiger partial charge in [-0.3, -0.25) is 9.59 Å². The topological polar surface area (TPSA) is 62.5 Å². The molecule has 5 heteroatoms. The Morgan fingerprint density at radius 2 is 1.73 bits per heavy atom. The molecule has 1 aliphatic heterocycles. The summed E-state index contributed by atoms with van der Waals surface area (Å²) in [5.41, 5.74) is 4.45. The third kappa shape index (κ3) is 5.13. The fourth-order valence-electron chi connectivity index (χ4n) is 4.90. The number of rotatable bonds is 9. The summed E-state index contributed by atoms with van der Waals surface area (Å²) in [5.74, 6) is -0.680. The van der Waals surface area contributed by atoms with Crippen molar-refractivity contribution in [2.75, 3.05) is 6.54 Å². The van der Waals surface area contributed by atoms with E-state index in [0.717, 1.165) is 32.4 Å². The summed E-state index contributed by atoms with van der Waals surface area (Å²) in [6, 6.07) is 19.2. The monoisotopic (exact) mass is 446 g/mol. The van der Waals surface area contributed by atoms with Crippen molar-refractivity contribution in [2.45, 2.75) is 65.5 Å². The van der Waals surface area contributed by atoms with E-state index in [1.165, 1.54) is 27.7 Å². The number of nitrogens with zero attached hydrogens (tertiary/aromatic N) is 2. The van der Waals surface area contributed by atoms with Gasteiger partial charge in [0.2, 0.25) is 5.91 Å². The van der Waals surface area contributed by atoms with Gasteiger partial charge in [0.25, 0.3) is 0 Å². The van der Waals surface area contributed by atoms with Gasteiger partial charge in [-0.2, -0.15) is 0 Å². The average molecular weight is 447 g/mol. The maximum absolute atomic E-state index is 13.0. The fourth-order valence-corrected chi connectivity index (χ4v) is 4.90. The first-order valence-electron chi connectivity index (χ1n) is 12.0. The molecule has 1 N–H and O–H groups in total. The van der Waals surface area contributed by atoms with Crippen molar-refractivity contribution in [1.29, 1.82) is 0 Å². The first-order valence-corrected chi connectivity index (χ1v) is 12.0. The van der Waals surface area contributed by atoms with Crippen LogP contribution in [-0.2, 0) is 35.5 Å². The molecule has 0 fully saturated rings. The van der Waals surface area contributed by atoms with Gasteiger partial charge in [-0.1, -0.05) is 48.5 Å². The molecule has 33 heavy (non-hydrogen) atoms. The number of hydrogen-bond acceptors (Lipinski definition) is 2. The predicted molar refractivity (Wildman–Crippen MR) is 131 cm³/mol.